The summed E-state index contributed by atoms with van der Waals surface area (Å²) in [5.41, 5.74) is 1.09. The van der Waals surface area contributed by atoms with Crippen molar-refractivity contribution >= 4 is 11.9 Å². The molecule has 1 aromatic heterocycles. The van der Waals surface area contributed by atoms with Gasteiger partial charge in [-0.05, 0) is 13.0 Å². The van der Waals surface area contributed by atoms with Crippen molar-refractivity contribution in [2.24, 2.45) is 5.92 Å². The molecule has 1 fully saturated rings. The molecule has 2 rings (SSSR count). The first kappa shape index (κ1) is 11.3. The maximum atomic E-state index is 10.5. The van der Waals surface area contributed by atoms with Crippen molar-refractivity contribution in [3.8, 4) is 6.07 Å². The van der Waals surface area contributed by atoms with Crippen LogP contribution in [0.15, 0.2) is 6.07 Å². The standard InChI is InChI=1S/C11H12N4O2/c1-7-2-9(4-12)14-11(13-7)15-5-8(6-15)3-10(16)17/h2,8H,3,5-6H2,1H3,(H,16,17). The fourth-order valence-corrected chi connectivity index (χ4v) is 1.86. The van der Waals surface area contributed by atoms with Gasteiger partial charge < -0.3 is 10.0 Å². The van der Waals surface area contributed by atoms with E-state index >= 15 is 0 Å². The summed E-state index contributed by atoms with van der Waals surface area (Å²) in [4.78, 5) is 20.7. The molecule has 6 nitrogen and oxygen atoms in total. The Bertz CT molecular complexity index is 489. The largest absolute Gasteiger partial charge is 0.481 e. The van der Waals surface area contributed by atoms with E-state index in [1.807, 2.05) is 11.0 Å². The molecule has 88 valence electrons. The Kier molecular flexibility index (Phi) is 2.91. The monoisotopic (exact) mass is 232 g/mol. The highest BCUT2D eigenvalue weighted by Gasteiger charge is 2.30. The number of carboxylic acids is 1. The fraction of sp³-hybridized carbons (Fsp3) is 0.455. The highest BCUT2D eigenvalue weighted by atomic mass is 16.4. The van der Waals surface area contributed by atoms with Gasteiger partial charge in [0.1, 0.15) is 11.8 Å². The number of hydrogen-bond acceptors (Lipinski definition) is 5. The topological polar surface area (TPSA) is 90.1 Å². The molecule has 0 atom stereocenters. The Morgan fingerprint density at radius 3 is 2.94 bits per heavy atom. The van der Waals surface area contributed by atoms with E-state index in [1.165, 1.54) is 0 Å². The molecule has 1 saturated heterocycles. The van der Waals surface area contributed by atoms with Gasteiger partial charge in [-0.25, -0.2) is 9.97 Å². The van der Waals surface area contributed by atoms with Crippen LogP contribution in [0.25, 0.3) is 0 Å². The summed E-state index contributed by atoms with van der Waals surface area (Å²) in [5.74, 6) is -0.108. The van der Waals surface area contributed by atoms with E-state index in [9.17, 15) is 4.79 Å². The fourth-order valence-electron chi connectivity index (χ4n) is 1.86. The number of nitriles is 1. The first-order valence-corrected chi connectivity index (χ1v) is 5.31. The predicted molar refractivity (Wildman–Crippen MR) is 59.4 cm³/mol. The van der Waals surface area contributed by atoms with Gasteiger partial charge in [-0.3, -0.25) is 4.79 Å². The Morgan fingerprint density at radius 1 is 1.65 bits per heavy atom. The van der Waals surface area contributed by atoms with Crippen LogP contribution in [0.5, 0.6) is 0 Å². The van der Waals surface area contributed by atoms with E-state index in [2.05, 4.69) is 9.97 Å². The molecule has 0 saturated carbocycles. The minimum Gasteiger partial charge on any atom is -0.481 e. The Balaban J connectivity index is 2.04. The number of nitrogens with zero attached hydrogens (tertiary/aromatic N) is 4. The lowest BCUT2D eigenvalue weighted by Gasteiger charge is -2.38. The van der Waals surface area contributed by atoms with Crippen LogP contribution in [0, 0.1) is 24.2 Å². The molecule has 0 bridgehead atoms. The van der Waals surface area contributed by atoms with E-state index in [1.54, 1.807) is 13.0 Å². The van der Waals surface area contributed by atoms with Crippen LogP contribution in [0.2, 0.25) is 0 Å². The van der Waals surface area contributed by atoms with Crippen LogP contribution in [0.3, 0.4) is 0 Å². The zero-order valence-corrected chi connectivity index (χ0v) is 9.42. The van der Waals surface area contributed by atoms with Crippen LogP contribution >= 0.6 is 0 Å². The maximum absolute atomic E-state index is 10.5. The predicted octanol–water partition coefficient (Wildman–Crippen LogP) is 0.568. The first-order chi connectivity index (χ1) is 8.08. The number of carbonyl (C=O) groups is 1. The van der Waals surface area contributed by atoms with E-state index < -0.39 is 5.97 Å². The number of rotatable bonds is 3. The molecule has 1 N–H and O–H groups in total. The average molecular weight is 232 g/mol. The van der Waals surface area contributed by atoms with Gasteiger partial charge in [-0.15, -0.1) is 0 Å². The third-order valence-electron chi connectivity index (χ3n) is 2.66. The maximum Gasteiger partial charge on any atom is 0.303 e. The number of carboxylic acid groups (broad SMARTS) is 1. The number of aliphatic carboxylic acids is 1. The van der Waals surface area contributed by atoms with Gasteiger partial charge in [-0.2, -0.15) is 5.26 Å². The summed E-state index contributed by atoms with van der Waals surface area (Å²) in [6.07, 6.45) is 0.174. The molecule has 6 heteroatoms. The second-order valence-corrected chi connectivity index (χ2v) is 4.18. The second kappa shape index (κ2) is 4.37. The summed E-state index contributed by atoms with van der Waals surface area (Å²) in [6.45, 7) is 3.09. The number of aromatic nitrogens is 2. The molecule has 0 aromatic carbocycles. The van der Waals surface area contributed by atoms with Gasteiger partial charge in [0.25, 0.3) is 0 Å². The van der Waals surface area contributed by atoms with Crippen LogP contribution in [-0.4, -0.2) is 34.1 Å². The third-order valence-corrected chi connectivity index (χ3v) is 2.66. The molecule has 0 radical (unpaired) electrons. The molecule has 0 spiro atoms. The van der Waals surface area contributed by atoms with Crippen LogP contribution < -0.4 is 4.90 Å². The summed E-state index contributed by atoms with van der Waals surface area (Å²) >= 11 is 0. The minimum absolute atomic E-state index is 0.155. The molecule has 1 aliphatic rings. The normalized spacial score (nSPS) is 15.2. The summed E-state index contributed by atoms with van der Waals surface area (Å²) in [5, 5.41) is 17.4. The van der Waals surface area contributed by atoms with Crippen molar-refractivity contribution in [1.29, 1.82) is 5.26 Å². The summed E-state index contributed by atoms with van der Waals surface area (Å²) in [6, 6.07) is 3.61. The summed E-state index contributed by atoms with van der Waals surface area (Å²) in [7, 11) is 0. The number of hydrogen-bond donors (Lipinski definition) is 1. The van der Waals surface area contributed by atoms with Crippen LogP contribution in [0.1, 0.15) is 17.8 Å². The van der Waals surface area contributed by atoms with E-state index in [4.69, 9.17) is 10.4 Å². The molecular weight excluding hydrogens is 220 g/mol. The van der Waals surface area contributed by atoms with Crippen molar-refractivity contribution in [1.82, 2.24) is 9.97 Å². The van der Waals surface area contributed by atoms with E-state index in [-0.39, 0.29) is 12.3 Å². The van der Waals surface area contributed by atoms with Crippen LogP contribution in [-0.2, 0) is 4.79 Å². The van der Waals surface area contributed by atoms with Crippen molar-refractivity contribution < 1.29 is 9.90 Å². The lowest BCUT2D eigenvalue weighted by molar-refractivity contribution is -0.138. The molecule has 1 aliphatic heterocycles. The van der Waals surface area contributed by atoms with Crippen molar-refractivity contribution in [3.05, 3.63) is 17.5 Å². The zero-order chi connectivity index (χ0) is 12.4. The molecule has 0 amide bonds. The summed E-state index contributed by atoms with van der Waals surface area (Å²) < 4.78 is 0. The van der Waals surface area contributed by atoms with Crippen molar-refractivity contribution in [2.45, 2.75) is 13.3 Å². The third kappa shape index (κ3) is 2.50. The zero-order valence-electron chi connectivity index (χ0n) is 9.42. The van der Waals surface area contributed by atoms with Gasteiger partial charge in [0, 0.05) is 24.7 Å². The molecule has 1 aromatic rings. The quantitative estimate of drug-likeness (QED) is 0.819. The minimum atomic E-state index is -0.780. The van der Waals surface area contributed by atoms with Crippen molar-refractivity contribution in [2.75, 3.05) is 18.0 Å². The smallest absolute Gasteiger partial charge is 0.303 e. The number of aryl methyl sites for hydroxylation is 1. The average Bonchev–Trinajstić information content (AvgIpc) is 2.21. The van der Waals surface area contributed by atoms with Crippen LogP contribution in [0.4, 0.5) is 5.95 Å². The van der Waals surface area contributed by atoms with Gasteiger partial charge in [0.2, 0.25) is 5.95 Å². The highest BCUT2D eigenvalue weighted by Crippen LogP contribution is 2.23. The first-order valence-electron chi connectivity index (χ1n) is 5.31. The molecule has 17 heavy (non-hydrogen) atoms. The Morgan fingerprint density at radius 2 is 2.35 bits per heavy atom. The SMILES string of the molecule is Cc1cc(C#N)nc(N2CC(CC(=O)O)C2)n1. The molecule has 0 unspecified atom stereocenters. The number of anilines is 1. The highest BCUT2D eigenvalue weighted by molar-refractivity contribution is 5.67. The Hall–Kier alpha value is -2.16. The Labute approximate surface area is 98.5 Å². The molecule has 0 aliphatic carbocycles. The van der Waals surface area contributed by atoms with E-state index in [0.717, 1.165) is 5.69 Å². The van der Waals surface area contributed by atoms with Gasteiger partial charge in [-0.1, -0.05) is 0 Å². The molecule has 2 heterocycles. The molecular formula is C11H12N4O2. The second-order valence-electron chi connectivity index (χ2n) is 4.18. The van der Waals surface area contributed by atoms with Gasteiger partial charge in [0.05, 0.1) is 6.42 Å². The van der Waals surface area contributed by atoms with Gasteiger partial charge >= 0.3 is 5.97 Å². The van der Waals surface area contributed by atoms with Crippen molar-refractivity contribution in [3.63, 3.8) is 0 Å². The van der Waals surface area contributed by atoms with Gasteiger partial charge in [0.15, 0.2) is 0 Å². The van der Waals surface area contributed by atoms with E-state index in [0.29, 0.717) is 24.7 Å². The lowest BCUT2D eigenvalue weighted by atomic mass is 9.97. The lowest BCUT2D eigenvalue weighted by Crippen LogP contribution is -2.48.